The Morgan fingerprint density at radius 2 is 1.86 bits per heavy atom. The third-order valence-corrected chi connectivity index (χ3v) is 3.77. The van der Waals surface area contributed by atoms with Gasteiger partial charge in [-0.2, -0.15) is 0 Å². The van der Waals surface area contributed by atoms with Crippen molar-refractivity contribution in [2.24, 2.45) is 0 Å². The maximum atomic E-state index is 6.07. The van der Waals surface area contributed by atoms with Crippen molar-refractivity contribution < 1.29 is 9.26 Å². The molecule has 114 valence electrons. The molecule has 0 saturated heterocycles. The fourth-order valence-corrected chi connectivity index (χ4v) is 2.82. The van der Waals surface area contributed by atoms with Gasteiger partial charge >= 0.3 is 0 Å². The Morgan fingerprint density at radius 1 is 1.19 bits per heavy atom. The van der Waals surface area contributed by atoms with Gasteiger partial charge < -0.3 is 15.0 Å². The number of hydrogen-bond donors (Lipinski definition) is 1. The molecular formula is C17H24N2O2. The molecule has 21 heavy (non-hydrogen) atoms. The SMILES string of the molecule is CCCC(CCC)c1onc(N)c1-c1ccccc1OC. The maximum Gasteiger partial charge on any atom is 0.175 e. The molecule has 0 atom stereocenters. The normalized spacial score (nSPS) is 11.0. The van der Waals surface area contributed by atoms with E-state index in [2.05, 4.69) is 19.0 Å². The molecule has 0 unspecified atom stereocenters. The van der Waals surface area contributed by atoms with E-state index in [9.17, 15) is 0 Å². The Morgan fingerprint density at radius 3 is 2.48 bits per heavy atom. The molecule has 0 amide bonds. The summed E-state index contributed by atoms with van der Waals surface area (Å²) >= 11 is 0. The summed E-state index contributed by atoms with van der Waals surface area (Å²) in [5, 5.41) is 4.00. The summed E-state index contributed by atoms with van der Waals surface area (Å²) in [4.78, 5) is 0. The van der Waals surface area contributed by atoms with Crippen LogP contribution >= 0.6 is 0 Å². The predicted octanol–water partition coefficient (Wildman–Crippen LogP) is 4.62. The number of nitrogens with zero attached hydrogens (tertiary/aromatic N) is 1. The number of anilines is 1. The minimum absolute atomic E-state index is 0.352. The van der Waals surface area contributed by atoms with E-state index in [1.807, 2.05) is 24.3 Å². The summed E-state index contributed by atoms with van der Waals surface area (Å²) in [6.07, 6.45) is 4.36. The Bertz CT molecular complexity index is 572. The molecule has 1 heterocycles. The van der Waals surface area contributed by atoms with Crippen molar-refractivity contribution >= 4 is 5.82 Å². The molecular weight excluding hydrogens is 264 g/mol. The minimum atomic E-state index is 0.352. The van der Waals surface area contributed by atoms with E-state index in [-0.39, 0.29) is 0 Å². The minimum Gasteiger partial charge on any atom is -0.496 e. The highest BCUT2D eigenvalue weighted by atomic mass is 16.5. The lowest BCUT2D eigenvalue weighted by Crippen LogP contribution is -2.00. The predicted molar refractivity (Wildman–Crippen MR) is 85.5 cm³/mol. The molecule has 0 spiro atoms. The smallest absolute Gasteiger partial charge is 0.175 e. The Hall–Kier alpha value is -1.97. The van der Waals surface area contributed by atoms with Crippen LogP contribution in [0.4, 0.5) is 5.82 Å². The van der Waals surface area contributed by atoms with Crippen LogP contribution in [-0.4, -0.2) is 12.3 Å². The number of para-hydroxylation sites is 1. The van der Waals surface area contributed by atoms with Crippen LogP contribution in [-0.2, 0) is 0 Å². The maximum absolute atomic E-state index is 6.07. The van der Waals surface area contributed by atoms with Gasteiger partial charge in [0.15, 0.2) is 5.82 Å². The fourth-order valence-electron chi connectivity index (χ4n) is 2.82. The summed E-state index contributed by atoms with van der Waals surface area (Å²) in [6, 6.07) is 7.85. The average Bonchev–Trinajstić information content (AvgIpc) is 2.88. The molecule has 4 heteroatoms. The van der Waals surface area contributed by atoms with Gasteiger partial charge in [0.05, 0.1) is 12.7 Å². The first-order valence-corrected chi connectivity index (χ1v) is 7.61. The summed E-state index contributed by atoms with van der Waals surface area (Å²) in [5.74, 6) is 2.47. The van der Waals surface area contributed by atoms with Crippen molar-refractivity contribution in [3.8, 4) is 16.9 Å². The Balaban J connectivity index is 2.51. The molecule has 0 aliphatic heterocycles. The zero-order chi connectivity index (χ0) is 15.2. The first-order valence-electron chi connectivity index (χ1n) is 7.61. The second-order valence-corrected chi connectivity index (χ2v) is 5.28. The van der Waals surface area contributed by atoms with Gasteiger partial charge in [0, 0.05) is 11.5 Å². The number of rotatable bonds is 7. The molecule has 0 saturated carbocycles. The van der Waals surface area contributed by atoms with Crippen molar-refractivity contribution in [3.05, 3.63) is 30.0 Å². The molecule has 2 aromatic rings. The van der Waals surface area contributed by atoms with E-state index in [1.165, 1.54) is 0 Å². The van der Waals surface area contributed by atoms with Gasteiger partial charge in [0.1, 0.15) is 11.5 Å². The lowest BCUT2D eigenvalue weighted by Gasteiger charge is -2.15. The van der Waals surface area contributed by atoms with Crippen molar-refractivity contribution in [3.63, 3.8) is 0 Å². The van der Waals surface area contributed by atoms with E-state index >= 15 is 0 Å². The number of methoxy groups -OCH3 is 1. The van der Waals surface area contributed by atoms with Crippen LogP contribution in [0.15, 0.2) is 28.8 Å². The molecule has 0 fully saturated rings. The first-order chi connectivity index (χ1) is 10.2. The third-order valence-electron chi connectivity index (χ3n) is 3.77. The van der Waals surface area contributed by atoms with E-state index in [1.54, 1.807) is 7.11 Å². The largest absolute Gasteiger partial charge is 0.496 e. The van der Waals surface area contributed by atoms with Gasteiger partial charge in [-0.3, -0.25) is 0 Å². The Kier molecular flexibility index (Phi) is 5.26. The van der Waals surface area contributed by atoms with Gasteiger partial charge in [-0.15, -0.1) is 0 Å². The molecule has 0 radical (unpaired) electrons. The van der Waals surface area contributed by atoms with Gasteiger partial charge in [0.2, 0.25) is 0 Å². The van der Waals surface area contributed by atoms with E-state index in [4.69, 9.17) is 15.0 Å². The highest BCUT2D eigenvalue weighted by Gasteiger charge is 2.24. The number of ether oxygens (including phenoxy) is 1. The standard InChI is InChI=1S/C17H24N2O2/c1-4-8-12(9-5-2)16-15(17(18)19-21-16)13-10-6-7-11-14(13)20-3/h6-7,10-12H,4-5,8-9H2,1-3H3,(H2,18,19). The van der Waals surface area contributed by atoms with Gasteiger partial charge in [-0.1, -0.05) is 50.0 Å². The molecule has 0 bridgehead atoms. The van der Waals surface area contributed by atoms with Gasteiger partial charge in [0.25, 0.3) is 0 Å². The first kappa shape index (κ1) is 15.4. The van der Waals surface area contributed by atoms with Crippen LogP contribution in [0.25, 0.3) is 11.1 Å². The van der Waals surface area contributed by atoms with Gasteiger partial charge in [-0.05, 0) is 18.9 Å². The monoisotopic (exact) mass is 288 g/mol. The van der Waals surface area contributed by atoms with E-state index < -0.39 is 0 Å². The van der Waals surface area contributed by atoms with E-state index in [0.29, 0.717) is 11.7 Å². The molecule has 1 aromatic carbocycles. The number of aromatic nitrogens is 1. The van der Waals surface area contributed by atoms with Crippen LogP contribution in [0.3, 0.4) is 0 Å². The second kappa shape index (κ2) is 7.16. The van der Waals surface area contributed by atoms with Crippen LogP contribution in [0.1, 0.15) is 51.2 Å². The number of benzene rings is 1. The zero-order valence-corrected chi connectivity index (χ0v) is 13.1. The molecule has 4 nitrogen and oxygen atoms in total. The lowest BCUT2D eigenvalue weighted by molar-refractivity contribution is 0.346. The van der Waals surface area contributed by atoms with Crippen LogP contribution < -0.4 is 10.5 Å². The second-order valence-electron chi connectivity index (χ2n) is 5.28. The highest BCUT2D eigenvalue weighted by molar-refractivity contribution is 5.80. The van der Waals surface area contributed by atoms with Crippen LogP contribution in [0, 0.1) is 0 Å². The zero-order valence-electron chi connectivity index (χ0n) is 13.1. The van der Waals surface area contributed by atoms with Crippen LogP contribution in [0.2, 0.25) is 0 Å². The summed E-state index contributed by atoms with van der Waals surface area (Å²) in [7, 11) is 1.66. The average molecular weight is 288 g/mol. The van der Waals surface area contributed by atoms with Crippen molar-refractivity contribution in [2.45, 2.75) is 45.4 Å². The molecule has 2 rings (SSSR count). The summed E-state index contributed by atoms with van der Waals surface area (Å²) in [5.41, 5.74) is 7.90. The summed E-state index contributed by atoms with van der Waals surface area (Å²) in [6.45, 7) is 4.37. The summed E-state index contributed by atoms with van der Waals surface area (Å²) < 4.78 is 11.0. The molecule has 0 aliphatic carbocycles. The molecule has 0 aliphatic rings. The highest BCUT2D eigenvalue weighted by Crippen LogP contribution is 2.41. The number of hydrogen-bond acceptors (Lipinski definition) is 4. The van der Waals surface area contributed by atoms with Crippen LogP contribution in [0.5, 0.6) is 5.75 Å². The quantitative estimate of drug-likeness (QED) is 0.807. The van der Waals surface area contributed by atoms with Crippen molar-refractivity contribution in [1.29, 1.82) is 0 Å². The Labute approximate surface area is 126 Å². The topological polar surface area (TPSA) is 61.3 Å². The molecule has 1 aromatic heterocycles. The number of nitrogen functional groups attached to an aromatic ring is 1. The molecule has 2 N–H and O–H groups in total. The van der Waals surface area contributed by atoms with Crippen molar-refractivity contribution in [1.82, 2.24) is 5.16 Å². The lowest BCUT2D eigenvalue weighted by atomic mass is 9.90. The number of nitrogens with two attached hydrogens (primary N) is 1. The van der Waals surface area contributed by atoms with Crippen molar-refractivity contribution in [2.75, 3.05) is 12.8 Å². The van der Waals surface area contributed by atoms with Gasteiger partial charge in [-0.25, -0.2) is 0 Å². The fraction of sp³-hybridized carbons (Fsp3) is 0.471. The van der Waals surface area contributed by atoms with E-state index in [0.717, 1.165) is 48.3 Å². The third kappa shape index (κ3) is 3.20.